The Morgan fingerprint density at radius 3 is 2.68 bits per heavy atom. The highest BCUT2D eigenvalue weighted by Crippen LogP contribution is 2.19. The van der Waals surface area contributed by atoms with Crippen molar-refractivity contribution in [2.75, 3.05) is 33.2 Å². The van der Waals surface area contributed by atoms with Gasteiger partial charge in [0.2, 0.25) is 5.91 Å². The highest BCUT2D eigenvalue weighted by atomic mass is 16.2. The van der Waals surface area contributed by atoms with E-state index in [0.717, 1.165) is 25.6 Å². The lowest BCUT2D eigenvalue weighted by Crippen LogP contribution is -2.41. The largest absolute Gasteiger partial charge is 0.351 e. The van der Waals surface area contributed by atoms with E-state index in [0.29, 0.717) is 13.1 Å². The van der Waals surface area contributed by atoms with Crippen molar-refractivity contribution in [3.63, 3.8) is 0 Å². The molecule has 2 rings (SSSR count). The van der Waals surface area contributed by atoms with Gasteiger partial charge in [-0.15, -0.1) is 0 Å². The monoisotopic (exact) mass is 303 g/mol. The average molecular weight is 303 g/mol. The van der Waals surface area contributed by atoms with E-state index in [1.54, 1.807) is 0 Å². The highest BCUT2D eigenvalue weighted by molar-refractivity contribution is 5.78. The van der Waals surface area contributed by atoms with Crippen LogP contribution < -0.4 is 10.6 Å². The fraction of sp³-hybridized carbons (Fsp3) is 0.611. The van der Waals surface area contributed by atoms with Crippen molar-refractivity contribution in [1.82, 2.24) is 15.5 Å². The van der Waals surface area contributed by atoms with Crippen LogP contribution in [0.3, 0.4) is 0 Å². The van der Waals surface area contributed by atoms with Gasteiger partial charge in [0, 0.05) is 6.54 Å². The summed E-state index contributed by atoms with van der Waals surface area (Å²) in [6.45, 7) is 6.44. The maximum Gasteiger partial charge on any atom is 0.234 e. The second kappa shape index (κ2) is 8.91. The van der Waals surface area contributed by atoms with Crippen molar-refractivity contribution >= 4 is 5.91 Å². The van der Waals surface area contributed by atoms with Crippen molar-refractivity contribution in [1.29, 1.82) is 0 Å². The lowest BCUT2D eigenvalue weighted by molar-refractivity contribution is -0.122. The van der Waals surface area contributed by atoms with Gasteiger partial charge in [0.25, 0.3) is 0 Å². The number of carbonyl (C=O) groups is 1. The number of hydrogen-bond acceptors (Lipinski definition) is 3. The fourth-order valence-electron chi connectivity index (χ4n) is 3.04. The minimum absolute atomic E-state index is 0.136. The summed E-state index contributed by atoms with van der Waals surface area (Å²) in [6.07, 6.45) is 3.68. The van der Waals surface area contributed by atoms with Crippen LogP contribution in [0.1, 0.15) is 30.4 Å². The molecular weight excluding hydrogens is 274 g/mol. The molecule has 1 aliphatic heterocycles. The highest BCUT2D eigenvalue weighted by Gasteiger charge is 2.20. The minimum Gasteiger partial charge on any atom is -0.351 e. The maximum absolute atomic E-state index is 12.1. The summed E-state index contributed by atoms with van der Waals surface area (Å²) in [7, 11) is 2.01. The Bertz CT molecular complexity index is 467. The number of hydrogen-bond donors (Lipinski definition) is 2. The summed E-state index contributed by atoms with van der Waals surface area (Å²) < 4.78 is 0. The van der Waals surface area contributed by atoms with E-state index in [1.807, 2.05) is 19.2 Å². The van der Waals surface area contributed by atoms with Gasteiger partial charge in [-0.2, -0.15) is 0 Å². The number of nitrogens with one attached hydrogen (secondary N) is 2. The van der Waals surface area contributed by atoms with Gasteiger partial charge in [-0.25, -0.2) is 0 Å². The van der Waals surface area contributed by atoms with Gasteiger partial charge in [0.1, 0.15) is 0 Å². The number of carbonyl (C=O) groups excluding carboxylic acids is 1. The van der Waals surface area contributed by atoms with E-state index in [-0.39, 0.29) is 5.91 Å². The number of likely N-dealkylation sites (tertiary alicyclic amines) is 1. The first-order chi connectivity index (χ1) is 10.7. The Morgan fingerprint density at radius 2 is 2.00 bits per heavy atom. The summed E-state index contributed by atoms with van der Waals surface area (Å²) in [5.74, 6) is 0.954. The van der Waals surface area contributed by atoms with Gasteiger partial charge in [0.15, 0.2) is 0 Å². The van der Waals surface area contributed by atoms with Crippen LogP contribution in [0.15, 0.2) is 24.3 Å². The first-order valence-corrected chi connectivity index (χ1v) is 8.37. The van der Waals surface area contributed by atoms with E-state index in [1.165, 1.54) is 30.4 Å². The Kier molecular flexibility index (Phi) is 6.87. The summed E-state index contributed by atoms with van der Waals surface area (Å²) in [6, 6.07) is 8.20. The molecular formula is C18H29N3O. The molecule has 0 saturated carbocycles. The van der Waals surface area contributed by atoms with Gasteiger partial charge < -0.3 is 10.6 Å². The SMILES string of the molecule is CNCCC1CCN(CC(=O)NCc2ccccc2C)CC1. The van der Waals surface area contributed by atoms with E-state index >= 15 is 0 Å². The topological polar surface area (TPSA) is 44.4 Å². The first kappa shape index (κ1) is 17.0. The molecule has 0 radical (unpaired) electrons. The first-order valence-electron chi connectivity index (χ1n) is 8.37. The molecule has 0 aliphatic carbocycles. The lowest BCUT2D eigenvalue weighted by atomic mass is 9.93. The second-order valence-electron chi connectivity index (χ2n) is 6.31. The van der Waals surface area contributed by atoms with Crippen molar-refractivity contribution in [2.45, 2.75) is 32.7 Å². The van der Waals surface area contributed by atoms with Gasteiger partial charge in [0.05, 0.1) is 6.54 Å². The third kappa shape index (κ3) is 5.43. The lowest BCUT2D eigenvalue weighted by Gasteiger charge is -2.31. The Hall–Kier alpha value is -1.39. The molecule has 4 nitrogen and oxygen atoms in total. The van der Waals surface area contributed by atoms with Crippen LogP contribution in [-0.2, 0) is 11.3 Å². The molecule has 1 aromatic carbocycles. The molecule has 122 valence electrons. The third-order valence-electron chi connectivity index (χ3n) is 4.61. The third-order valence-corrected chi connectivity index (χ3v) is 4.61. The van der Waals surface area contributed by atoms with Crippen LogP contribution in [-0.4, -0.2) is 44.0 Å². The molecule has 2 N–H and O–H groups in total. The summed E-state index contributed by atoms with van der Waals surface area (Å²) in [5, 5.41) is 6.26. The van der Waals surface area contributed by atoms with Crippen molar-refractivity contribution in [2.24, 2.45) is 5.92 Å². The molecule has 0 bridgehead atoms. The van der Waals surface area contributed by atoms with E-state index in [9.17, 15) is 4.79 Å². The zero-order chi connectivity index (χ0) is 15.8. The normalized spacial score (nSPS) is 16.6. The molecule has 0 atom stereocenters. The van der Waals surface area contributed by atoms with Crippen LogP contribution in [0.5, 0.6) is 0 Å². The van der Waals surface area contributed by atoms with Crippen LogP contribution in [0.25, 0.3) is 0 Å². The zero-order valence-electron chi connectivity index (χ0n) is 13.9. The van der Waals surface area contributed by atoms with Gasteiger partial charge in [-0.05, 0) is 69.9 Å². The van der Waals surface area contributed by atoms with E-state index < -0.39 is 0 Å². The molecule has 0 spiro atoms. The predicted octanol–water partition coefficient (Wildman–Crippen LogP) is 1.93. The van der Waals surface area contributed by atoms with Crippen LogP contribution in [0.4, 0.5) is 0 Å². The van der Waals surface area contributed by atoms with Crippen LogP contribution in [0, 0.1) is 12.8 Å². The number of rotatable bonds is 7. The van der Waals surface area contributed by atoms with Gasteiger partial charge in [-0.1, -0.05) is 24.3 Å². The van der Waals surface area contributed by atoms with Crippen molar-refractivity contribution < 1.29 is 4.79 Å². The number of benzene rings is 1. The van der Waals surface area contributed by atoms with Crippen molar-refractivity contribution in [3.8, 4) is 0 Å². The molecule has 0 aromatic heterocycles. The summed E-state index contributed by atoms with van der Waals surface area (Å²) in [4.78, 5) is 14.4. The molecule has 1 heterocycles. The van der Waals surface area contributed by atoms with Crippen LogP contribution >= 0.6 is 0 Å². The smallest absolute Gasteiger partial charge is 0.234 e. The predicted molar refractivity (Wildman–Crippen MR) is 90.7 cm³/mol. The molecule has 0 unspecified atom stereocenters. The minimum atomic E-state index is 0.136. The second-order valence-corrected chi connectivity index (χ2v) is 6.31. The Labute approximate surface area is 134 Å². The van der Waals surface area contributed by atoms with E-state index in [4.69, 9.17) is 0 Å². The number of amides is 1. The Morgan fingerprint density at radius 1 is 1.27 bits per heavy atom. The standard InChI is InChI=1S/C18H29N3O/c1-15-5-3-4-6-17(15)13-20-18(22)14-21-11-8-16(9-12-21)7-10-19-2/h3-6,16,19H,7-14H2,1-2H3,(H,20,22). The summed E-state index contributed by atoms with van der Waals surface area (Å²) >= 11 is 0. The number of nitrogens with zero attached hydrogens (tertiary/aromatic N) is 1. The maximum atomic E-state index is 12.1. The Balaban J connectivity index is 1.67. The molecule has 22 heavy (non-hydrogen) atoms. The number of aryl methyl sites for hydroxylation is 1. The molecule has 1 aromatic rings. The fourth-order valence-corrected chi connectivity index (χ4v) is 3.04. The summed E-state index contributed by atoms with van der Waals surface area (Å²) in [5.41, 5.74) is 2.43. The van der Waals surface area contributed by atoms with Gasteiger partial charge in [-0.3, -0.25) is 9.69 Å². The van der Waals surface area contributed by atoms with E-state index in [2.05, 4.69) is 34.6 Å². The molecule has 4 heteroatoms. The molecule has 1 fully saturated rings. The zero-order valence-corrected chi connectivity index (χ0v) is 13.9. The average Bonchev–Trinajstić information content (AvgIpc) is 2.53. The van der Waals surface area contributed by atoms with Crippen molar-refractivity contribution in [3.05, 3.63) is 35.4 Å². The molecule has 1 aliphatic rings. The molecule has 1 saturated heterocycles. The van der Waals surface area contributed by atoms with Gasteiger partial charge >= 0.3 is 0 Å². The quantitative estimate of drug-likeness (QED) is 0.809. The molecule has 1 amide bonds. The van der Waals surface area contributed by atoms with Crippen LogP contribution in [0.2, 0.25) is 0 Å². The number of piperidine rings is 1.